The van der Waals surface area contributed by atoms with E-state index in [1.807, 2.05) is 97.1 Å². The quantitative estimate of drug-likeness (QED) is 0.127. The molecule has 11 rings (SSSR count). The highest BCUT2D eigenvalue weighted by Gasteiger charge is 2.19. The van der Waals surface area contributed by atoms with Gasteiger partial charge in [0.25, 0.3) is 0 Å². The zero-order valence-electron chi connectivity index (χ0n) is 38.9. The van der Waals surface area contributed by atoms with E-state index in [-0.39, 0.29) is 59.5 Å². The van der Waals surface area contributed by atoms with Crippen molar-refractivity contribution in [3.8, 4) is 44.5 Å². The van der Waals surface area contributed by atoms with Crippen LogP contribution in [-0.4, -0.2) is 0 Å². The van der Waals surface area contributed by atoms with E-state index in [0.29, 0.717) is 11.1 Å². The molecule has 0 radical (unpaired) electrons. The Morgan fingerprint density at radius 2 is 0.500 bits per heavy atom. The molecule has 250 valence electrons. The fourth-order valence-electron chi connectivity index (χ4n) is 8.53. The first-order valence-corrected chi connectivity index (χ1v) is 17.9. The fraction of sp³-hybridized carbons (Fsp3) is 0. The van der Waals surface area contributed by atoms with Crippen LogP contribution in [0, 0.1) is 0 Å². The lowest BCUT2D eigenvalue weighted by atomic mass is 9.84. The summed E-state index contributed by atoms with van der Waals surface area (Å²) in [5.41, 5.74) is 5.40. The molecule has 11 aromatic rings. The molecule has 0 heterocycles. The summed E-state index contributed by atoms with van der Waals surface area (Å²) in [6.07, 6.45) is 0. The third-order valence-corrected chi connectivity index (χ3v) is 10.8. The van der Waals surface area contributed by atoms with E-state index in [2.05, 4.69) is 48.5 Å². The molecule has 11 aromatic carbocycles. The summed E-state index contributed by atoms with van der Waals surface area (Å²) in [6, 6.07) is 45.3. The Bertz CT molecular complexity index is 3430. The molecule has 0 N–H and O–H groups in total. The summed E-state index contributed by atoms with van der Waals surface area (Å²) in [5.74, 6) is 0. The molecule has 0 spiro atoms. The van der Waals surface area contributed by atoms with Crippen molar-refractivity contribution < 1.29 is 13.7 Å². The zero-order valence-corrected chi connectivity index (χ0v) is 28.9. The molecule has 0 fully saturated rings. The third kappa shape index (κ3) is 4.71. The van der Waals surface area contributed by atoms with E-state index >= 15 is 0 Å². The maximum Gasteiger partial charge on any atom is 0.0629 e. The maximum atomic E-state index is 8.96. The zero-order chi connectivity index (χ0) is 44.3. The van der Waals surface area contributed by atoms with E-state index in [4.69, 9.17) is 13.7 Å². The first-order chi connectivity index (χ1) is 31.0. The Labute approximate surface area is 328 Å². The molecular weight excluding hydrogens is 649 g/mol. The van der Waals surface area contributed by atoms with Gasteiger partial charge in [0.2, 0.25) is 0 Å². The molecule has 0 heteroatoms. The van der Waals surface area contributed by atoms with Gasteiger partial charge in [-0.15, -0.1) is 0 Å². The highest BCUT2D eigenvalue weighted by molar-refractivity contribution is 6.24. The molecule has 0 saturated heterocycles. The minimum Gasteiger partial charge on any atom is -0.0622 e. The van der Waals surface area contributed by atoms with Gasteiger partial charge in [0.15, 0.2) is 0 Å². The van der Waals surface area contributed by atoms with Crippen LogP contribution in [-0.2, 0) is 0 Å². The second-order valence-corrected chi connectivity index (χ2v) is 13.6. The largest absolute Gasteiger partial charge is 0.0629 e. The van der Waals surface area contributed by atoms with E-state index in [9.17, 15) is 0 Å². The molecule has 0 aromatic heterocycles. The molecule has 0 unspecified atom stereocenters. The van der Waals surface area contributed by atoms with Crippen molar-refractivity contribution in [2.45, 2.75) is 0 Å². The van der Waals surface area contributed by atoms with Crippen LogP contribution in [0.15, 0.2) is 206 Å². The lowest BCUT2D eigenvalue weighted by Gasteiger charge is -2.19. The Morgan fingerprint density at radius 1 is 0.241 bits per heavy atom. The number of benzene rings is 11. The lowest BCUT2D eigenvalue weighted by Crippen LogP contribution is -1.91. The number of hydrogen-bond donors (Lipinski definition) is 0. The summed E-state index contributed by atoms with van der Waals surface area (Å²) in [6.45, 7) is 0. The predicted molar refractivity (Wildman–Crippen MR) is 233 cm³/mol. The van der Waals surface area contributed by atoms with Crippen LogP contribution in [0.5, 0.6) is 0 Å². The number of rotatable bonds is 4. The van der Waals surface area contributed by atoms with E-state index in [1.54, 1.807) is 0 Å². The first-order valence-electron chi connectivity index (χ1n) is 22.9. The monoisotopic (exact) mass is 692 g/mol. The van der Waals surface area contributed by atoms with Crippen molar-refractivity contribution in [1.29, 1.82) is 0 Å². The van der Waals surface area contributed by atoms with E-state index in [0.717, 1.165) is 86.9 Å². The molecule has 0 amide bonds. The maximum absolute atomic E-state index is 8.96. The second-order valence-electron chi connectivity index (χ2n) is 13.6. The van der Waals surface area contributed by atoms with Gasteiger partial charge in [0, 0.05) is 0 Å². The van der Waals surface area contributed by atoms with Crippen LogP contribution in [0.25, 0.3) is 109 Å². The lowest BCUT2D eigenvalue weighted by molar-refractivity contribution is 1.66. The molecule has 0 aliphatic heterocycles. The second kappa shape index (κ2) is 12.3. The van der Waals surface area contributed by atoms with Gasteiger partial charge in [-0.05, 0) is 121 Å². The van der Waals surface area contributed by atoms with Crippen molar-refractivity contribution in [2.24, 2.45) is 0 Å². The summed E-state index contributed by atoms with van der Waals surface area (Å²) in [7, 11) is 0. The van der Waals surface area contributed by atoms with Crippen LogP contribution >= 0.6 is 0 Å². The highest BCUT2D eigenvalue weighted by atomic mass is 14.2. The van der Waals surface area contributed by atoms with Gasteiger partial charge >= 0.3 is 0 Å². The fourth-order valence-corrected chi connectivity index (χ4v) is 8.53. The van der Waals surface area contributed by atoms with Crippen LogP contribution in [0.4, 0.5) is 0 Å². The Kier molecular flexibility index (Phi) is 5.04. The van der Waals surface area contributed by atoms with Crippen molar-refractivity contribution in [1.82, 2.24) is 0 Å². The SMILES string of the molecule is [2H]c1c([2H])c([2H])c(-c2c3ccccc3c(-c3ccc4ccc5ccc(-c6c7ccccc7c(-c7c([2H])c([2H])c([2H])c([2H])c7[2H])c7ccccc67)cc5c4c3)c3ccccc23)c([2H])c1[2H]. The predicted octanol–water partition coefficient (Wildman–Crippen LogP) is 15.3. The molecule has 0 nitrogen and oxygen atoms in total. The minimum absolute atomic E-state index is 0.170. The van der Waals surface area contributed by atoms with Crippen LogP contribution in [0.2, 0.25) is 0 Å². The summed E-state index contributed by atoms with van der Waals surface area (Å²) >= 11 is 0. The molecule has 54 heavy (non-hydrogen) atoms. The average molecular weight is 693 g/mol. The molecular formula is C54H34. The van der Waals surface area contributed by atoms with Crippen molar-refractivity contribution in [3.05, 3.63) is 206 Å². The summed E-state index contributed by atoms with van der Waals surface area (Å²) < 4.78 is 86.4. The van der Waals surface area contributed by atoms with Gasteiger partial charge in [0.05, 0.1) is 13.7 Å². The Balaban J connectivity index is 1.18. The number of fused-ring (bicyclic) bond motifs is 7. The van der Waals surface area contributed by atoms with Gasteiger partial charge in [-0.2, -0.15) is 0 Å². The van der Waals surface area contributed by atoms with Crippen molar-refractivity contribution in [3.63, 3.8) is 0 Å². The highest BCUT2D eigenvalue weighted by Crippen LogP contribution is 2.46. The van der Waals surface area contributed by atoms with Gasteiger partial charge in [-0.1, -0.05) is 194 Å². The Hall–Kier alpha value is -7.02. The van der Waals surface area contributed by atoms with Crippen LogP contribution < -0.4 is 0 Å². The number of hydrogen-bond acceptors (Lipinski definition) is 0. The van der Waals surface area contributed by atoms with Crippen molar-refractivity contribution in [2.75, 3.05) is 0 Å². The molecule has 0 atom stereocenters. The van der Waals surface area contributed by atoms with Gasteiger partial charge in [0.1, 0.15) is 0 Å². The normalized spacial score (nSPS) is 14.3. The van der Waals surface area contributed by atoms with Crippen LogP contribution in [0.3, 0.4) is 0 Å². The van der Waals surface area contributed by atoms with Gasteiger partial charge < -0.3 is 0 Å². The molecule has 0 aliphatic carbocycles. The summed E-state index contributed by atoms with van der Waals surface area (Å²) in [5, 5.41) is 10.8. The van der Waals surface area contributed by atoms with E-state index in [1.165, 1.54) is 0 Å². The molecule has 0 bridgehead atoms. The van der Waals surface area contributed by atoms with Crippen molar-refractivity contribution >= 4 is 64.6 Å². The molecule has 0 aliphatic rings. The smallest absolute Gasteiger partial charge is 0.0622 e. The molecule has 0 saturated carbocycles. The minimum atomic E-state index is -0.428. The average Bonchev–Trinajstić information content (AvgIpc) is 3.33. The van der Waals surface area contributed by atoms with Gasteiger partial charge in [-0.25, -0.2) is 0 Å². The standard InChI is InChI=1S/C54H34/c1-3-15-37(16-4-1)51-41-19-7-11-23-45(41)53(46-24-12-8-20-42(46)51)39-31-29-35-27-28-36-30-32-40(34-50(36)49(35)33-39)54-47-25-13-9-21-43(47)52(38-17-5-2-6-18-38)44-22-10-14-26-48(44)54/h1-34H/i1D,2D,3D,4D,5D,6D,15D,16D,17D,18D. The summed E-state index contributed by atoms with van der Waals surface area (Å²) in [4.78, 5) is 0. The third-order valence-electron chi connectivity index (χ3n) is 10.8. The van der Waals surface area contributed by atoms with Gasteiger partial charge in [-0.3, -0.25) is 0 Å². The first kappa shape index (κ1) is 22.1. The van der Waals surface area contributed by atoms with Crippen LogP contribution in [0.1, 0.15) is 13.7 Å². The Morgan fingerprint density at radius 3 is 0.796 bits per heavy atom. The topological polar surface area (TPSA) is 0 Å². The van der Waals surface area contributed by atoms with E-state index < -0.39 is 12.1 Å².